The van der Waals surface area contributed by atoms with E-state index >= 15 is 0 Å². The van der Waals surface area contributed by atoms with Crippen molar-refractivity contribution in [1.82, 2.24) is 0 Å². The van der Waals surface area contributed by atoms with E-state index in [2.05, 4.69) is 55.4 Å². The van der Waals surface area contributed by atoms with Crippen molar-refractivity contribution < 1.29 is 84.5 Å². The third kappa shape index (κ3) is 81.4. The van der Waals surface area contributed by atoms with Crippen LogP contribution in [-0.2, 0) is 0 Å². The minimum Gasteiger partial charge on any atom is -0.171 e. The van der Waals surface area contributed by atoms with Gasteiger partial charge in [0.15, 0.2) is 5.41 Å². The molecule has 0 aromatic rings. The third-order valence-electron chi connectivity index (χ3n) is 6.54. The van der Waals surface area contributed by atoms with Gasteiger partial charge in [0.25, 0.3) is 0 Å². The Kier molecular flexibility index (Phi) is 49.0. The van der Waals surface area contributed by atoms with Gasteiger partial charge in [0.2, 0.25) is 0 Å². The molecule has 0 aliphatic heterocycles. The first-order valence-electron chi connectivity index (χ1n) is 22.8. The molecule has 1 atom stereocenters. The normalized spacial score (nSPS) is 13.9. The summed E-state index contributed by atoms with van der Waals surface area (Å²) in [6, 6.07) is 0. The molecule has 0 aliphatic carbocycles. The number of unbranched alkanes of at least 4 members (excludes halogenated alkanes) is 2. The Hall–Kier alpha value is -1.26. The lowest BCUT2D eigenvalue weighted by molar-refractivity contribution is -0.327. The van der Waals surface area contributed by atoms with Crippen LogP contribution in [0.4, 0.5) is 79.0 Å². The second kappa shape index (κ2) is 42.1. The van der Waals surface area contributed by atoms with E-state index in [1.807, 2.05) is 27.7 Å². The van der Waals surface area contributed by atoms with Crippen molar-refractivity contribution >= 4 is 0 Å². The van der Waals surface area contributed by atoms with Crippen LogP contribution in [0.1, 0.15) is 217 Å². The SMILES string of the molecule is CC(C)(C(F)(F)F)C(F)(F)F.CC(C)(C)C(F)(F)F.CC(C)C.CC(C)C(F)(F)F.CCC(C)C.CCC(C)C(F)(F)F.CCCCC.[2H]C(C)(C)C.[2H]C(C)(C)C(F)(F)F.[2H]C([2H])(C)CC. The fraction of sp³-hybridized carbons (Fsp3) is 1.00. The zero-order valence-corrected chi connectivity index (χ0v) is 42.9. The van der Waals surface area contributed by atoms with E-state index in [-0.39, 0.29) is 26.2 Å². The van der Waals surface area contributed by atoms with Crippen LogP contribution < -0.4 is 0 Å². The van der Waals surface area contributed by atoms with Crippen LogP contribution in [0.25, 0.3) is 0 Å². The quantitative estimate of drug-likeness (QED) is 0.241. The van der Waals surface area contributed by atoms with Gasteiger partial charge in [-0.2, -0.15) is 79.0 Å². The summed E-state index contributed by atoms with van der Waals surface area (Å²) in [5.41, 5.74) is -5.19. The number of rotatable bonds is 5. The van der Waals surface area contributed by atoms with Gasteiger partial charge in [0.05, 0.1) is 11.3 Å². The summed E-state index contributed by atoms with van der Waals surface area (Å²) in [5.74, 6) is -3.20. The van der Waals surface area contributed by atoms with Crippen molar-refractivity contribution in [2.75, 3.05) is 0 Å². The lowest BCUT2D eigenvalue weighted by atomic mass is 9.92. The first kappa shape index (κ1) is 73.3. The molecule has 0 radical (unpaired) electrons. The first-order chi connectivity index (χ1) is 28.4. The highest BCUT2D eigenvalue weighted by Crippen LogP contribution is 2.49. The molecule has 63 heavy (non-hydrogen) atoms. The minimum absolute atomic E-state index is 0.104. The molecule has 0 saturated heterocycles. The largest absolute Gasteiger partial charge is 0.402 e. The lowest BCUT2D eigenvalue weighted by Crippen LogP contribution is -2.44. The van der Waals surface area contributed by atoms with Gasteiger partial charge < -0.3 is 0 Å². The van der Waals surface area contributed by atoms with E-state index in [4.69, 9.17) is 5.48 Å². The maximum atomic E-state index is 11.6. The highest BCUT2D eigenvalue weighted by Gasteiger charge is 2.64. The monoisotopic (exact) mass is 979 g/mol. The second-order valence-corrected chi connectivity index (χ2v) is 17.5. The molecule has 0 saturated carbocycles. The third-order valence-corrected chi connectivity index (χ3v) is 6.54. The summed E-state index contributed by atoms with van der Waals surface area (Å²) in [6.07, 6.45) is -21.7. The average molecular weight is 979 g/mol. The van der Waals surface area contributed by atoms with Gasteiger partial charge in [0.1, 0.15) is 0 Å². The number of hydrogen-bond donors (Lipinski definition) is 0. The molecule has 18 heteroatoms. The van der Waals surface area contributed by atoms with Crippen LogP contribution in [0.5, 0.6) is 0 Å². The first-order valence-corrected chi connectivity index (χ1v) is 20.8. The van der Waals surface area contributed by atoms with Gasteiger partial charge in [-0.3, -0.25) is 0 Å². The molecule has 0 rings (SSSR count). The van der Waals surface area contributed by atoms with Crippen molar-refractivity contribution in [1.29, 1.82) is 0 Å². The van der Waals surface area contributed by atoms with Crippen LogP contribution in [0.2, 0.25) is 0 Å². The Morgan fingerprint density at radius 2 is 0.603 bits per heavy atom. The fourth-order valence-electron chi connectivity index (χ4n) is 0.746. The van der Waals surface area contributed by atoms with E-state index in [1.165, 1.54) is 39.5 Å². The highest BCUT2D eigenvalue weighted by molar-refractivity contribution is 4.84. The Labute approximate surface area is 378 Å². The Morgan fingerprint density at radius 3 is 0.603 bits per heavy atom. The molecule has 0 heterocycles. The summed E-state index contributed by atoms with van der Waals surface area (Å²) in [4.78, 5) is 0. The molecular weight excluding hydrogens is 882 g/mol. The maximum absolute atomic E-state index is 11.6. The summed E-state index contributed by atoms with van der Waals surface area (Å²) < 4.78 is 233. The summed E-state index contributed by atoms with van der Waals surface area (Å²) in [5, 5.41) is 0. The van der Waals surface area contributed by atoms with Gasteiger partial charge in [-0.05, 0) is 38.0 Å². The van der Waals surface area contributed by atoms with Gasteiger partial charge in [0, 0.05) is 17.3 Å². The molecule has 0 aromatic heterocycles. The van der Waals surface area contributed by atoms with E-state index in [0.29, 0.717) is 6.42 Å². The number of alkyl halides is 18. The van der Waals surface area contributed by atoms with Gasteiger partial charge >= 0.3 is 37.1 Å². The molecule has 0 aromatic carbocycles. The summed E-state index contributed by atoms with van der Waals surface area (Å²) in [6.45, 7) is 36.8. The lowest BCUT2D eigenvalue weighted by Gasteiger charge is -2.29. The molecule has 0 fully saturated rings. The zero-order chi connectivity index (χ0) is 58.1. The molecule has 0 N–H and O–H groups in total. The maximum Gasteiger partial charge on any atom is 0.402 e. The van der Waals surface area contributed by atoms with E-state index in [9.17, 15) is 79.0 Å². The molecule has 1 unspecified atom stereocenters. The van der Waals surface area contributed by atoms with Crippen molar-refractivity contribution in [3.05, 3.63) is 0 Å². The average Bonchev–Trinajstić information content (AvgIpc) is 3.01. The van der Waals surface area contributed by atoms with Crippen LogP contribution >= 0.6 is 0 Å². The van der Waals surface area contributed by atoms with Crippen LogP contribution in [0.3, 0.4) is 0 Å². The molecule has 0 spiro atoms. The second-order valence-electron chi connectivity index (χ2n) is 17.5. The van der Waals surface area contributed by atoms with E-state index in [0.717, 1.165) is 60.3 Å². The molecule has 0 bridgehead atoms. The van der Waals surface area contributed by atoms with Crippen LogP contribution in [0.15, 0.2) is 0 Å². The van der Waals surface area contributed by atoms with Crippen molar-refractivity contribution in [3.8, 4) is 0 Å². The van der Waals surface area contributed by atoms with Gasteiger partial charge in [-0.25, -0.2) is 0 Å². The smallest absolute Gasteiger partial charge is 0.171 e. The standard InChI is InChI=1S/C5H6F6.2C5H9F3.2C5H12.2C4H7F3.3C4H10/c1-3(2,4(6,7)8)5(9,10)11;1-4(2,3)5(6,7)8;1-3-4(2)5(6,7)8;1-4-5(2)3;1-3-5-4-2;2*1-3(2)4(5,6)7;2*1-4(2)3;1-3-4-2/h1-2H3;1-3H3;4H,3H2,1-2H3;5H,4H2,1-3H3;3-5H2,1-2H3;2*3H,1-2H3;2*4H,1-3H3;3-4H2,1-2H3/i;;;;;3D;;4D;;3D2. The molecule has 398 valence electrons. The zero-order valence-electron chi connectivity index (χ0n) is 46.9. The fourth-order valence-corrected chi connectivity index (χ4v) is 0.746. The predicted octanol–water partition coefficient (Wildman–Crippen LogP) is 22.1. The summed E-state index contributed by atoms with van der Waals surface area (Å²) in [7, 11) is 0. The van der Waals surface area contributed by atoms with E-state index in [1.54, 1.807) is 6.92 Å². The molecule has 0 amide bonds. The van der Waals surface area contributed by atoms with E-state index < -0.39 is 72.0 Å². The Morgan fingerprint density at radius 1 is 0.413 bits per heavy atom. The highest BCUT2D eigenvalue weighted by atomic mass is 19.4. The van der Waals surface area contributed by atoms with Crippen LogP contribution in [0, 0.1) is 46.3 Å². The molecular formula is C45H92F18. The minimum atomic E-state index is -5.24. The van der Waals surface area contributed by atoms with Crippen molar-refractivity contribution in [3.63, 3.8) is 0 Å². The Bertz CT molecular complexity index is 970. The van der Waals surface area contributed by atoms with Crippen LogP contribution in [-0.4, -0.2) is 37.1 Å². The molecule has 0 aliphatic rings. The predicted molar refractivity (Wildman–Crippen MR) is 231 cm³/mol. The van der Waals surface area contributed by atoms with Gasteiger partial charge in [-0.1, -0.05) is 191 Å². The topological polar surface area (TPSA) is 0 Å². The van der Waals surface area contributed by atoms with Crippen molar-refractivity contribution in [2.45, 2.75) is 248 Å². The Balaban J connectivity index is -0.0000000682. The number of halogens is 18. The van der Waals surface area contributed by atoms with Crippen molar-refractivity contribution in [2.24, 2.45) is 46.3 Å². The summed E-state index contributed by atoms with van der Waals surface area (Å²) >= 11 is 0. The van der Waals surface area contributed by atoms with Gasteiger partial charge in [-0.15, -0.1) is 0 Å². The number of hydrogen-bond acceptors (Lipinski definition) is 0. The molecule has 0 nitrogen and oxygen atoms in total.